The van der Waals surface area contributed by atoms with Crippen molar-refractivity contribution in [2.24, 2.45) is 0 Å². The Morgan fingerprint density at radius 2 is 1.60 bits per heavy atom. The van der Waals surface area contributed by atoms with Crippen molar-refractivity contribution in [1.29, 1.82) is 0 Å². The van der Waals surface area contributed by atoms with Crippen molar-refractivity contribution in [2.75, 3.05) is 10.8 Å². The van der Waals surface area contributed by atoms with E-state index in [0.29, 0.717) is 6.54 Å². The van der Waals surface area contributed by atoms with Gasteiger partial charge < -0.3 is 4.90 Å². The highest BCUT2D eigenvalue weighted by Crippen LogP contribution is 2.18. The van der Waals surface area contributed by atoms with E-state index in [9.17, 15) is 4.79 Å². The van der Waals surface area contributed by atoms with Gasteiger partial charge in [-0.2, -0.15) is 0 Å². The van der Waals surface area contributed by atoms with E-state index in [1.807, 2.05) is 30.3 Å². The van der Waals surface area contributed by atoms with Crippen molar-refractivity contribution < 1.29 is 4.79 Å². The summed E-state index contributed by atoms with van der Waals surface area (Å²) in [5.74, 6) is -0.0977. The summed E-state index contributed by atoms with van der Waals surface area (Å²) in [4.78, 5) is 13.8. The fraction of sp³-hybridized carbons (Fsp3) is 0.235. The number of rotatable bonds is 5. The van der Waals surface area contributed by atoms with Crippen LogP contribution in [0.5, 0.6) is 0 Å². The molecule has 0 fully saturated rings. The van der Waals surface area contributed by atoms with E-state index in [2.05, 4.69) is 31.2 Å². The molecular weight excluding hydrogens is 270 g/mol. The van der Waals surface area contributed by atoms with E-state index in [4.69, 9.17) is 11.6 Å². The number of alkyl halides is 1. The number of carbonyl (C=O) groups excluding carboxylic acids is 1. The van der Waals surface area contributed by atoms with Crippen LogP contribution in [0.4, 0.5) is 5.69 Å². The van der Waals surface area contributed by atoms with Crippen molar-refractivity contribution in [3.05, 3.63) is 65.7 Å². The van der Waals surface area contributed by atoms with Gasteiger partial charge in [0.25, 0.3) is 0 Å². The van der Waals surface area contributed by atoms with E-state index < -0.39 is 0 Å². The normalized spacial score (nSPS) is 10.3. The van der Waals surface area contributed by atoms with Gasteiger partial charge in [0.05, 0.1) is 6.54 Å². The summed E-state index contributed by atoms with van der Waals surface area (Å²) in [5.41, 5.74) is 3.27. The average Bonchev–Trinajstić information content (AvgIpc) is 2.53. The molecule has 0 saturated carbocycles. The molecule has 2 rings (SSSR count). The predicted octanol–water partition coefficient (Wildman–Crippen LogP) is 4.02. The molecule has 0 bridgehead atoms. The summed E-state index contributed by atoms with van der Waals surface area (Å²) in [6, 6.07) is 18.0. The second-order valence-corrected chi connectivity index (χ2v) is 4.89. The molecule has 0 aromatic heterocycles. The van der Waals surface area contributed by atoms with Crippen LogP contribution >= 0.6 is 11.6 Å². The maximum atomic E-state index is 12.0. The summed E-state index contributed by atoms with van der Waals surface area (Å²) in [5, 5.41) is 0. The van der Waals surface area contributed by atoms with Gasteiger partial charge in [-0.3, -0.25) is 4.79 Å². The molecule has 0 unspecified atom stereocenters. The van der Waals surface area contributed by atoms with Crippen molar-refractivity contribution >= 4 is 23.2 Å². The Labute approximate surface area is 125 Å². The van der Waals surface area contributed by atoms with Crippen LogP contribution < -0.4 is 4.90 Å². The summed E-state index contributed by atoms with van der Waals surface area (Å²) in [6.07, 6.45) is 1.02. The fourth-order valence-electron chi connectivity index (χ4n) is 2.07. The SMILES string of the molecule is CCc1ccc(CN(C(=O)CCl)c2ccccc2)cc1. The van der Waals surface area contributed by atoms with Gasteiger partial charge in [-0.25, -0.2) is 0 Å². The number of para-hydroxylation sites is 1. The molecule has 0 aliphatic heterocycles. The molecule has 20 heavy (non-hydrogen) atoms. The minimum atomic E-state index is -0.0857. The van der Waals surface area contributed by atoms with E-state index in [1.54, 1.807) is 4.90 Å². The van der Waals surface area contributed by atoms with Gasteiger partial charge in [-0.15, -0.1) is 11.6 Å². The molecule has 0 atom stereocenters. The zero-order valence-corrected chi connectivity index (χ0v) is 12.3. The number of carbonyl (C=O) groups is 1. The highest BCUT2D eigenvalue weighted by atomic mass is 35.5. The van der Waals surface area contributed by atoms with E-state index >= 15 is 0 Å². The third-order valence-electron chi connectivity index (χ3n) is 3.26. The Bertz CT molecular complexity index is 551. The van der Waals surface area contributed by atoms with Crippen molar-refractivity contribution in [3.63, 3.8) is 0 Å². The first-order valence-electron chi connectivity index (χ1n) is 6.73. The number of amides is 1. The van der Waals surface area contributed by atoms with Crippen molar-refractivity contribution in [2.45, 2.75) is 19.9 Å². The first-order valence-corrected chi connectivity index (χ1v) is 7.27. The number of hydrogen-bond acceptors (Lipinski definition) is 1. The minimum Gasteiger partial charge on any atom is -0.307 e. The lowest BCUT2D eigenvalue weighted by Gasteiger charge is -2.22. The molecule has 2 aromatic rings. The van der Waals surface area contributed by atoms with Gasteiger partial charge in [-0.1, -0.05) is 49.4 Å². The fourth-order valence-corrected chi connectivity index (χ4v) is 2.21. The average molecular weight is 288 g/mol. The van der Waals surface area contributed by atoms with Crippen LogP contribution in [-0.2, 0) is 17.8 Å². The Morgan fingerprint density at radius 3 is 2.15 bits per heavy atom. The molecule has 104 valence electrons. The third kappa shape index (κ3) is 3.61. The molecule has 0 radical (unpaired) electrons. The monoisotopic (exact) mass is 287 g/mol. The molecule has 0 aliphatic rings. The number of anilines is 1. The lowest BCUT2D eigenvalue weighted by atomic mass is 10.1. The quantitative estimate of drug-likeness (QED) is 0.761. The van der Waals surface area contributed by atoms with E-state index in [-0.39, 0.29) is 11.8 Å². The number of benzene rings is 2. The molecule has 0 aliphatic carbocycles. The lowest BCUT2D eigenvalue weighted by molar-refractivity contribution is -0.116. The van der Waals surface area contributed by atoms with Crippen LogP contribution in [0, 0.1) is 0 Å². The summed E-state index contributed by atoms with van der Waals surface area (Å²) < 4.78 is 0. The highest BCUT2D eigenvalue weighted by molar-refractivity contribution is 6.29. The van der Waals surface area contributed by atoms with Gasteiger partial charge in [0.1, 0.15) is 5.88 Å². The highest BCUT2D eigenvalue weighted by Gasteiger charge is 2.14. The zero-order chi connectivity index (χ0) is 14.4. The summed E-state index contributed by atoms with van der Waals surface area (Å²) >= 11 is 5.72. The van der Waals surface area contributed by atoms with Crippen LogP contribution in [0.3, 0.4) is 0 Å². The van der Waals surface area contributed by atoms with Crippen LogP contribution in [0.2, 0.25) is 0 Å². The molecule has 2 nitrogen and oxygen atoms in total. The zero-order valence-electron chi connectivity index (χ0n) is 11.6. The maximum Gasteiger partial charge on any atom is 0.242 e. The predicted molar refractivity (Wildman–Crippen MR) is 84.2 cm³/mol. The maximum absolute atomic E-state index is 12.0. The number of halogens is 1. The summed E-state index contributed by atoms with van der Waals surface area (Å²) in [6.45, 7) is 2.67. The largest absolute Gasteiger partial charge is 0.307 e. The third-order valence-corrected chi connectivity index (χ3v) is 3.48. The van der Waals surface area contributed by atoms with E-state index in [0.717, 1.165) is 17.7 Å². The molecule has 2 aromatic carbocycles. The van der Waals surface area contributed by atoms with Gasteiger partial charge in [0.2, 0.25) is 5.91 Å². The van der Waals surface area contributed by atoms with E-state index in [1.165, 1.54) is 5.56 Å². The Kier molecular flexibility index (Phi) is 5.19. The molecule has 0 saturated heterocycles. The van der Waals surface area contributed by atoms with Gasteiger partial charge in [-0.05, 0) is 29.7 Å². The summed E-state index contributed by atoms with van der Waals surface area (Å²) in [7, 11) is 0. The first-order chi connectivity index (χ1) is 9.74. The van der Waals surface area contributed by atoms with Crippen molar-refractivity contribution in [1.82, 2.24) is 0 Å². The van der Waals surface area contributed by atoms with Gasteiger partial charge in [0, 0.05) is 5.69 Å². The minimum absolute atomic E-state index is 0.0120. The van der Waals surface area contributed by atoms with Crippen LogP contribution in [-0.4, -0.2) is 11.8 Å². The van der Waals surface area contributed by atoms with Crippen LogP contribution in [0.15, 0.2) is 54.6 Å². The molecule has 0 spiro atoms. The first kappa shape index (κ1) is 14.6. The Hall–Kier alpha value is -1.80. The number of aryl methyl sites for hydroxylation is 1. The topological polar surface area (TPSA) is 20.3 Å². The molecule has 1 amide bonds. The second-order valence-electron chi connectivity index (χ2n) is 4.62. The smallest absolute Gasteiger partial charge is 0.242 e. The molecule has 0 N–H and O–H groups in total. The Balaban J connectivity index is 2.21. The van der Waals surface area contributed by atoms with Crippen LogP contribution in [0.1, 0.15) is 18.1 Å². The number of nitrogens with zero attached hydrogens (tertiary/aromatic N) is 1. The van der Waals surface area contributed by atoms with Gasteiger partial charge in [0.15, 0.2) is 0 Å². The molecule has 0 heterocycles. The second kappa shape index (κ2) is 7.11. The van der Waals surface area contributed by atoms with Gasteiger partial charge >= 0.3 is 0 Å². The number of hydrogen-bond donors (Lipinski definition) is 0. The lowest BCUT2D eigenvalue weighted by Crippen LogP contribution is -2.31. The molecular formula is C17H18ClNO. The van der Waals surface area contributed by atoms with Crippen LogP contribution in [0.25, 0.3) is 0 Å². The standard InChI is InChI=1S/C17H18ClNO/c1-2-14-8-10-15(11-9-14)13-19(17(20)12-18)16-6-4-3-5-7-16/h3-11H,2,12-13H2,1H3. The van der Waals surface area contributed by atoms with Crippen molar-refractivity contribution in [3.8, 4) is 0 Å². The molecule has 3 heteroatoms. The Morgan fingerprint density at radius 1 is 1.00 bits per heavy atom.